The van der Waals surface area contributed by atoms with Gasteiger partial charge in [0.05, 0.1) is 6.04 Å². The van der Waals surface area contributed by atoms with Crippen LogP contribution in [0.1, 0.15) is 29.7 Å². The molecule has 0 bridgehead atoms. The van der Waals surface area contributed by atoms with E-state index in [-0.39, 0.29) is 18.6 Å². The molecular formula is C18H20BrNO2. The van der Waals surface area contributed by atoms with Crippen LogP contribution in [0.2, 0.25) is 0 Å². The van der Waals surface area contributed by atoms with E-state index in [4.69, 9.17) is 4.74 Å². The van der Waals surface area contributed by atoms with Crippen molar-refractivity contribution in [3.05, 3.63) is 63.6 Å². The Hall–Kier alpha value is -1.81. The third-order valence-electron chi connectivity index (χ3n) is 3.31. The molecule has 0 aliphatic rings. The first-order chi connectivity index (χ1) is 10.5. The van der Waals surface area contributed by atoms with Crippen molar-refractivity contribution in [2.75, 3.05) is 6.61 Å². The number of rotatable bonds is 5. The van der Waals surface area contributed by atoms with Crippen molar-refractivity contribution in [3.63, 3.8) is 0 Å². The first-order valence-electron chi connectivity index (χ1n) is 7.20. The van der Waals surface area contributed by atoms with E-state index < -0.39 is 0 Å². The maximum Gasteiger partial charge on any atom is 0.258 e. The smallest absolute Gasteiger partial charge is 0.258 e. The highest BCUT2D eigenvalue weighted by Crippen LogP contribution is 2.22. The molecule has 116 valence electrons. The number of carbonyl (C=O) groups excluding carboxylic acids is 1. The van der Waals surface area contributed by atoms with Gasteiger partial charge in [0, 0.05) is 4.47 Å². The summed E-state index contributed by atoms with van der Waals surface area (Å²) in [6.07, 6.45) is 0. The number of halogens is 1. The van der Waals surface area contributed by atoms with Gasteiger partial charge in [0.15, 0.2) is 6.61 Å². The highest BCUT2D eigenvalue weighted by atomic mass is 79.9. The molecular weight excluding hydrogens is 342 g/mol. The minimum atomic E-state index is -0.137. The molecule has 0 aromatic heterocycles. The summed E-state index contributed by atoms with van der Waals surface area (Å²) in [6, 6.07) is 13.7. The predicted molar refractivity (Wildman–Crippen MR) is 92.1 cm³/mol. The van der Waals surface area contributed by atoms with E-state index in [9.17, 15) is 4.79 Å². The van der Waals surface area contributed by atoms with E-state index in [0.29, 0.717) is 0 Å². The second-order valence-corrected chi connectivity index (χ2v) is 6.28. The Labute approximate surface area is 139 Å². The Balaban J connectivity index is 1.91. The van der Waals surface area contributed by atoms with Gasteiger partial charge in [-0.05, 0) is 55.7 Å². The molecule has 2 aromatic carbocycles. The van der Waals surface area contributed by atoms with Crippen molar-refractivity contribution >= 4 is 21.8 Å². The van der Waals surface area contributed by atoms with Crippen LogP contribution in [0.15, 0.2) is 46.9 Å². The number of hydrogen-bond donors (Lipinski definition) is 1. The normalized spacial score (nSPS) is 11.8. The Kier molecular flexibility index (Phi) is 5.61. The zero-order chi connectivity index (χ0) is 16.1. The van der Waals surface area contributed by atoms with Crippen LogP contribution < -0.4 is 10.1 Å². The third-order valence-corrected chi connectivity index (χ3v) is 4.04. The number of hydrogen-bond acceptors (Lipinski definition) is 2. The summed E-state index contributed by atoms with van der Waals surface area (Å²) < 4.78 is 6.56. The second kappa shape index (κ2) is 7.45. The largest absolute Gasteiger partial charge is 0.484 e. The van der Waals surface area contributed by atoms with E-state index in [1.165, 1.54) is 0 Å². The average Bonchev–Trinajstić information content (AvgIpc) is 2.44. The van der Waals surface area contributed by atoms with Gasteiger partial charge in [-0.1, -0.05) is 40.2 Å². The number of amides is 1. The molecule has 2 aromatic rings. The third kappa shape index (κ3) is 4.60. The number of carbonyl (C=O) groups is 1. The van der Waals surface area contributed by atoms with E-state index in [1.54, 1.807) is 0 Å². The minimum Gasteiger partial charge on any atom is -0.484 e. The predicted octanol–water partition coefficient (Wildman–Crippen LogP) is 4.32. The van der Waals surface area contributed by atoms with Crippen LogP contribution in [0.25, 0.3) is 0 Å². The first-order valence-corrected chi connectivity index (χ1v) is 8.00. The maximum atomic E-state index is 12.0. The summed E-state index contributed by atoms with van der Waals surface area (Å²) in [5.74, 6) is 0.587. The lowest BCUT2D eigenvalue weighted by Gasteiger charge is -2.16. The fourth-order valence-electron chi connectivity index (χ4n) is 2.35. The lowest BCUT2D eigenvalue weighted by molar-refractivity contribution is -0.123. The van der Waals surface area contributed by atoms with Gasteiger partial charge in [-0.2, -0.15) is 0 Å². The summed E-state index contributed by atoms with van der Waals surface area (Å²) in [6.45, 7) is 5.98. The molecule has 1 atom stereocenters. The van der Waals surface area contributed by atoms with Gasteiger partial charge in [0.2, 0.25) is 0 Å². The highest BCUT2D eigenvalue weighted by Gasteiger charge is 2.12. The van der Waals surface area contributed by atoms with Crippen LogP contribution in [0, 0.1) is 13.8 Å². The molecule has 1 N–H and O–H groups in total. The zero-order valence-electron chi connectivity index (χ0n) is 13.0. The maximum absolute atomic E-state index is 12.0. The lowest BCUT2D eigenvalue weighted by Crippen LogP contribution is -2.31. The van der Waals surface area contributed by atoms with Gasteiger partial charge in [-0.25, -0.2) is 0 Å². The van der Waals surface area contributed by atoms with Gasteiger partial charge < -0.3 is 10.1 Å². The van der Waals surface area contributed by atoms with E-state index in [1.807, 2.05) is 57.2 Å². The number of aryl methyl sites for hydroxylation is 2. The molecule has 0 unspecified atom stereocenters. The lowest BCUT2D eigenvalue weighted by atomic mass is 10.1. The molecule has 3 nitrogen and oxygen atoms in total. The average molecular weight is 362 g/mol. The molecule has 1 amide bonds. The second-order valence-electron chi connectivity index (χ2n) is 5.42. The number of benzene rings is 2. The summed E-state index contributed by atoms with van der Waals surface area (Å²) in [7, 11) is 0. The molecule has 2 rings (SSSR count). The van der Waals surface area contributed by atoms with Gasteiger partial charge in [0.1, 0.15) is 5.75 Å². The van der Waals surface area contributed by atoms with Crippen LogP contribution >= 0.6 is 15.9 Å². The topological polar surface area (TPSA) is 38.3 Å². The van der Waals surface area contributed by atoms with Gasteiger partial charge in [-0.15, -0.1) is 0 Å². The molecule has 0 aliphatic heterocycles. The fraction of sp³-hybridized carbons (Fsp3) is 0.278. The summed E-state index contributed by atoms with van der Waals surface area (Å²) in [4.78, 5) is 12.0. The van der Waals surface area contributed by atoms with Crippen LogP contribution in [-0.2, 0) is 4.79 Å². The molecule has 4 heteroatoms. The van der Waals surface area contributed by atoms with Crippen molar-refractivity contribution in [2.45, 2.75) is 26.8 Å². The fourth-order valence-corrected chi connectivity index (χ4v) is 2.98. The Morgan fingerprint density at radius 3 is 2.45 bits per heavy atom. The van der Waals surface area contributed by atoms with Gasteiger partial charge >= 0.3 is 0 Å². The summed E-state index contributed by atoms with van der Waals surface area (Å²) >= 11 is 3.50. The van der Waals surface area contributed by atoms with Crippen LogP contribution in [0.4, 0.5) is 0 Å². The quantitative estimate of drug-likeness (QED) is 0.860. The molecule has 0 saturated heterocycles. The van der Waals surface area contributed by atoms with Crippen molar-refractivity contribution in [1.29, 1.82) is 0 Å². The molecule has 22 heavy (non-hydrogen) atoms. The molecule has 0 fully saturated rings. The number of ether oxygens (including phenoxy) is 1. The van der Waals surface area contributed by atoms with E-state index >= 15 is 0 Å². The zero-order valence-corrected chi connectivity index (χ0v) is 14.6. The van der Waals surface area contributed by atoms with Crippen LogP contribution in [0.3, 0.4) is 0 Å². The molecule has 0 aliphatic carbocycles. The Morgan fingerprint density at radius 1 is 1.18 bits per heavy atom. The first kappa shape index (κ1) is 16.6. The number of nitrogens with one attached hydrogen (secondary N) is 1. The van der Waals surface area contributed by atoms with Crippen molar-refractivity contribution in [1.82, 2.24) is 5.32 Å². The summed E-state index contributed by atoms with van der Waals surface area (Å²) in [5, 5.41) is 2.94. The van der Waals surface area contributed by atoms with E-state index in [2.05, 4.69) is 27.3 Å². The SMILES string of the molecule is Cc1cc(C)cc(OCC(=O)N[C@H](C)c2ccccc2Br)c1. The highest BCUT2D eigenvalue weighted by molar-refractivity contribution is 9.10. The monoisotopic (exact) mass is 361 g/mol. The Bertz CT molecular complexity index is 650. The molecule has 0 radical (unpaired) electrons. The summed E-state index contributed by atoms with van der Waals surface area (Å²) in [5.41, 5.74) is 3.29. The van der Waals surface area contributed by atoms with E-state index in [0.717, 1.165) is 26.9 Å². The molecule has 0 heterocycles. The van der Waals surface area contributed by atoms with Crippen molar-refractivity contribution in [2.24, 2.45) is 0 Å². The molecule has 0 saturated carbocycles. The molecule has 0 spiro atoms. The van der Waals surface area contributed by atoms with Gasteiger partial charge in [0.25, 0.3) is 5.91 Å². The van der Waals surface area contributed by atoms with Crippen molar-refractivity contribution < 1.29 is 9.53 Å². The van der Waals surface area contributed by atoms with Crippen molar-refractivity contribution in [3.8, 4) is 5.75 Å². The van der Waals surface area contributed by atoms with Gasteiger partial charge in [-0.3, -0.25) is 4.79 Å². The van der Waals surface area contributed by atoms with Crippen LogP contribution in [0.5, 0.6) is 5.75 Å². The minimum absolute atomic E-state index is 0.0116. The van der Waals surface area contributed by atoms with Crippen LogP contribution in [-0.4, -0.2) is 12.5 Å². The standard InChI is InChI=1S/C18H20BrNO2/c1-12-8-13(2)10-15(9-12)22-11-18(21)20-14(3)16-6-4-5-7-17(16)19/h4-10,14H,11H2,1-3H3,(H,20,21)/t14-/m1/s1. The Morgan fingerprint density at radius 2 is 1.82 bits per heavy atom.